The van der Waals surface area contributed by atoms with E-state index in [0.717, 1.165) is 12.8 Å². The highest BCUT2D eigenvalue weighted by molar-refractivity contribution is 5.81. The van der Waals surface area contributed by atoms with Crippen molar-refractivity contribution in [1.82, 2.24) is 0 Å². The number of rotatable bonds is 12. The average molecular weight is 380 g/mol. The summed E-state index contributed by atoms with van der Waals surface area (Å²) < 4.78 is 9.19. The standard InChI is InChI=1S/2C8H14O5/c2*1-2-3-4-13-8(12)6(9)5-7(10)11/h2*6,9H,2-5H2,1H3,(H,10,11). The maximum absolute atomic E-state index is 10.8. The smallest absolute Gasteiger partial charge is 0.335 e. The van der Waals surface area contributed by atoms with Crippen molar-refractivity contribution in [3.8, 4) is 0 Å². The zero-order chi connectivity index (χ0) is 20.5. The van der Waals surface area contributed by atoms with Crippen LogP contribution in [0.25, 0.3) is 0 Å². The summed E-state index contributed by atoms with van der Waals surface area (Å²) in [6.07, 6.45) is -1.12. The topological polar surface area (TPSA) is 168 Å². The first-order valence-electron chi connectivity index (χ1n) is 8.28. The van der Waals surface area contributed by atoms with E-state index in [2.05, 4.69) is 9.47 Å². The van der Waals surface area contributed by atoms with E-state index in [0.29, 0.717) is 12.8 Å². The molecule has 0 aromatic carbocycles. The van der Waals surface area contributed by atoms with Crippen molar-refractivity contribution in [2.75, 3.05) is 13.2 Å². The molecule has 0 bridgehead atoms. The van der Waals surface area contributed by atoms with Gasteiger partial charge in [0.05, 0.1) is 26.1 Å². The molecule has 0 fully saturated rings. The Labute approximate surface area is 151 Å². The van der Waals surface area contributed by atoms with Gasteiger partial charge in [-0.15, -0.1) is 0 Å². The van der Waals surface area contributed by atoms with Crippen LogP contribution in [0.15, 0.2) is 0 Å². The number of unbranched alkanes of at least 4 members (excludes halogenated alkanes) is 2. The fraction of sp³-hybridized carbons (Fsp3) is 0.750. The first kappa shape index (κ1) is 26.0. The highest BCUT2D eigenvalue weighted by Crippen LogP contribution is 1.98. The number of esters is 2. The quantitative estimate of drug-likeness (QED) is 0.273. The van der Waals surface area contributed by atoms with Gasteiger partial charge < -0.3 is 29.9 Å². The Morgan fingerprint density at radius 1 is 0.731 bits per heavy atom. The molecule has 0 aromatic heterocycles. The Morgan fingerprint density at radius 2 is 1.04 bits per heavy atom. The van der Waals surface area contributed by atoms with E-state index in [9.17, 15) is 19.2 Å². The summed E-state index contributed by atoms with van der Waals surface area (Å²) in [5.74, 6) is -4.17. The van der Waals surface area contributed by atoms with E-state index in [1.807, 2.05) is 13.8 Å². The van der Waals surface area contributed by atoms with Gasteiger partial charge >= 0.3 is 23.9 Å². The van der Waals surface area contributed by atoms with Crippen LogP contribution in [0, 0.1) is 0 Å². The van der Waals surface area contributed by atoms with Gasteiger partial charge in [0.2, 0.25) is 0 Å². The number of carbonyl (C=O) groups is 4. The summed E-state index contributed by atoms with van der Waals surface area (Å²) in [6.45, 7) is 4.32. The van der Waals surface area contributed by atoms with Gasteiger partial charge in [-0.3, -0.25) is 9.59 Å². The molecule has 2 unspecified atom stereocenters. The maximum Gasteiger partial charge on any atom is 0.335 e. The molecule has 0 rings (SSSR count). The van der Waals surface area contributed by atoms with Gasteiger partial charge in [-0.25, -0.2) is 9.59 Å². The molecular formula is C16H28O10. The molecule has 0 spiro atoms. The van der Waals surface area contributed by atoms with Crippen LogP contribution in [0.1, 0.15) is 52.4 Å². The van der Waals surface area contributed by atoms with Crippen LogP contribution in [0.3, 0.4) is 0 Å². The number of aliphatic hydroxyl groups is 2. The van der Waals surface area contributed by atoms with Crippen LogP contribution in [-0.2, 0) is 28.7 Å². The lowest BCUT2D eigenvalue weighted by Gasteiger charge is -2.07. The third-order valence-corrected chi connectivity index (χ3v) is 2.76. The Morgan fingerprint density at radius 3 is 1.27 bits per heavy atom. The van der Waals surface area contributed by atoms with Crippen molar-refractivity contribution >= 4 is 23.9 Å². The minimum atomic E-state index is -1.55. The number of hydrogen-bond acceptors (Lipinski definition) is 8. The van der Waals surface area contributed by atoms with E-state index in [-0.39, 0.29) is 13.2 Å². The van der Waals surface area contributed by atoms with Gasteiger partial charge in [-0.1, -0.05) is 26.7 Å². The molecule has 0 saturated carbocycles. The molecule has 0 aliphatic heterocycles. The maximum atomic E-state index is 10.8. The molecule has 152 valence electrons. The third kappa shape index (κ3) is 16.7. The van der Waals surface area contributed by atoms with Gasteiger partial charge in [-0.2, -0.15) is 0 Å². The second-order valence-corrected chi connectivity index (χ2v) is 5.27. The molecule has 26 heavy (non-hydrogen) atoms. The Bertz CT molecular complexity index is 395. The summed E-state index contributed by atoms with van der Waals surface area (Å²) in [5, 5.41) is 34.3. The predicted molar refractivity (Wildman–Crippen MR) is 88.3 cm³/mol. The molecule has 10 nitrogen and oxygen atoms in total. The summed E-state index contributed by atoms with van der Waals surface area (Å²) >= 11 is 0. The summed E-state index contributed by atoms with van der Waals surface area (Å²) in [4.78, 5) is 41.8. The van der Waals surface area contributed by atoms with Crippen molar-refractivity contribution < 1.29 is 49.1 Å². The average Bonchev–Trinajstić information content (AvgIpc) is 2.54. The molecule has 10 heteroatoms. The number of carboxylic acid groups (broad SMARTS) is 2. The van der Waals surface area contributed by atoms with Crippen molar-refractivity contribution in [1.29, 1.82) is 0 Å². The number of aliphatic carboxylic acids is 2. The van der Waals surface area contributed by atoms with Crippen LogP contribution in [-0.4, -0.2) is 69.7 Å². The third-order valence-electron chi connectivity index (χ3n) is 2.76. The van der Waals surface area contributed by atoms with E-state index >= 15 is 0 Å². The van der Waals surface area contributed by atoms with Crippen LogP contribution >= 0.6 is 0 Å². The minimum absolute atomic E-state index is 0.228. The first-order chi connectivity index (χ1) is 12.1. The molecule has 0 aliphatic rings. The molecule has 0 saturated heterocycles. The van der Waals surface area contributed by atoms with Gasteiger partial charge in [0.15, 0.2) is 12.2 Å². The highest BCUT2D eigenvalue weighted by Gasteiger charge is 2.20. The van der Waals surface area contributed by atoms with Crippen LogP contribution in [0.2, 0.25) is 0 Å². The Kier molecular flexibility index (Phi) is 16.3. The van der Waals surface area contributed by atoms with E-state index < -0.39 is 48.9 Å². The van der Waals surface area contributed by atoms with Crippen molar-refractivity contribution in [2.45, 2.75) is 64.6 Å². The fourth-order valence-corrected chi connectivity index (χ4v) is 1.32. The predicted octanol–water partition coefficient (Wildman–Crippen LogP) is 0.331. The Hall–Kier alpha value is -2.20. The summed E-state index contributed by atoms with van der Waals surface area (Å²) in [7, 11) is 0. The fourth-order valence-electron chi connectivity index (χ4n) is 1.32. The van der Waals surface area contributed by atoms with Crippen LogP contribution < -0.4 is 0 Å². The largest absolute Gasteiger partial charge is 0.481 e. The van der Waals surface area contributed by atoms with Gasteiger partial charge in [0.25, 0.3) is 0 Å². The van der Waals surface area contributed by atoms with Gasteiger partial charge in [0, 0.05) is 0 Å². The minimum Gasteiger partial charge on any atom is -0.481 e. The molecule has 0 aromatic rings. The number of carbonyl (C=O) groups excluding carboxylic acids is 2. The lowest BCUT2D eigenvalue weighted by atomic mass is 10.2. The SMILES string of the molecule is CCCCOC(=O)C(O)CC(=O)O.CCCCOC(=O)C(O)CC(=O)O. The molecule has 0 heterocycles. The molecule has 0 amide bonds. The normalized spacial score (nSPS) is 12.2. The zero-order valence-corrected chi connectivity index (χ0v) is 15.0. The molecular weight excluding hydrogens is 352 g/mol. The van der Waals surface area contributed by atoms with Crippen molar-refractivity contribution in [3.63, 3.8) is 0 Å². The first-order valence-corrected chi connectivity index (χ1v) is 8.28. The highest BCUT2D eigenvalue weighted by atomic mass is 16.6. The van der Waals surface area contributed by atoms with Crippen LogP contribution in [0.5, 0.6) is 0 Å². The molecule has 4 N–H and O–H groups in total. The Balaban J connectivity index is 0. The van der Waals surface area contributed by atoms with Crippen molar-refractivity contribution in [2.24, 2.45) is 0 Å². The molecule has 0 aliphatic carbocycles. The van der Waals surface area contributed by atoms with Gasteiger partial charge in [0.1, 0.15) is 0 Å². The zero-order valence-electron chi connectivity index (χ0n) is 15.0. The monoisotopic (exact) mass is 380 g/mol. The number of ether oxygens (including phenoxy) is 2. The molecule has 0 radical (unpaired) electrons. The summed E-state index contributed by atoms with van der Waals surface area (Å²) in [6, 6.07) is 0. The van der Waals surface area contributed by atoms with Gasteiger partial charge in [-0.05, 0) is 12.8 Å². The number of hydrogen-bond donors (Lipinski definition) is 4. The molecule has 2 atom stereocenters. The second-order valence-electron chi connectivity index (χ2n) is 5.27. The van der Waals surface area contributed by atoms with E-state index in [4.69, 9.17) is 20.4 Å². The number of carboxylic acids is 2. The van der Waals surface area contributed by atoms with E-state index in [1.165, 1.54) is 0 Å². The lowest BCUT2D eigenvalue weighted by molar-refractivity contribution is -0.158. The summed E-state index contributed by atoms with van der Waals surface area (Å²) in [5.41, 5.74) is 0. The van der Waals surface area contributed by atoms with E-state index in [1.54, 1.807) is 0 Å². The van der Waals surface area contributed by atoms with Crippen LogP contribution in [0.4, 0.5) is 0 Å². The lowest BCUT2D eigenvalue weighted by Crippen LogP contribution is -2.26. The van der Waals surface area contributed by atoms with Crippen molar-refractivity contribution in [3.05, 3.63) is 0 Å². The second kappa shape index (κ2) is 16.3. The number of aliphatic hydroxyl groups excluding tert-OH is 2.